The summed E-state index contributed by atoms with van der Waals surface area (Å²) in [4.78, 5) is 12.2. The molecule has 2 aromatic rings. The zero-order valence-electron chi connectivity index (χ0n) is 11.9. The van der Waals surface area contributed by atoms with Crippen LogP contribution in [-0.4, -0.2) is 13.0 Å². The Labute approximate surface area is 122 Å². The number of hydrogen-bond donors (Lipinski definition) is 2. The van der Waals surface area contributed by atoms with E-state index in [-0.39, 0.29) is 18.3 Å². The van der Waals surface area contributed by atoms with Gasteiger partial charge in [-0.2, -0.15) is 0 Å². The standard InChI is InChI=1S/C16H17FN2O2/c1-10-3-4-11(8-15(10)21-2)16(20)19-13-5-6-14(17)12(7-13)9-18/h3-8H,9,18H2,1-2H3,(H,19,20). The number of methoxy groups -OCH3 is 1. The third kappa shape index (κ3) is 3.38. The van der Waals surface area contributed by atoms with Gasteiger partial charge in [0.15, 0.2) is 0 Å². The zero-order valence-corrected chi connectivity index (χ0v) is 11.9. The molecular weight excluding hydrogens is 271 g/mol. The predicted molar refractivity (Wildman–Crippen MR) is 80.0 cm³/mol. The van der Waals surface area contributed by atoms with Gasteiger partial charge in [-0.1, -0.05) is 6.07 Å². The normalized spacial score (nSPS) is 10.3. The molecule has 0 saturated carbocycles. The quantitative estimate of drug-likeness (QED) is 0.909. The van der Waals surface area contributed by atoms with Crippen LogP contribution in [0.3, 0.4) is 0 Å². The highest BCUT2D eigenvalue weighted by Gasteiger charge is 2.10. The van der Waals surface area contributed by atoms with E-state index >= 15 is 0 Å². The van der Waals surface area contributed by atoms with Crippen molar-refractivity contribution in [3.63, 3.8) is 0 Å². The van der Waals surface area contributed by atoms with Crippen LogP contribution in [0.15, 0.2) is 36.4 Å². The average molecular weight is 288 g/mol. The Bertz CT molecular complexity index is 671. The Morgan fingerprint density at radius 1 is 1.29 bits per heavy atom. The number of amides is 1. The molecule has 0 aliphatic carbocycles. The number of aryl methyl sites for hydroxylation is 1. The summed E-state index contributed by atoms with van der Waals surface area (Å²) in [5.74, 6) is -0.0280. The number of carbonyl (C=O) groups is 1. The van der Waals surface area contributed by atoms with E-state index in [1.54, 1.807) is 19.2 Å². The fourth-order valence-corrected chi connectivity index (χ4v) is 1.97. The van der Waals surface area contributed by atoms with E-state index in [2.05, 4.69) is 5.32 Å². The Balaban J connectivity index is 2.21. The SMILES string of the molecule is COc1cc(C(=O)Nc2ccc(F)c(CN)c2)ccc1C. The van der Waals surface area contributed by atoms with Crippen molar-refractivity contribution in [3.8, 4) is 5.75 Å². The Hall–Kier alpha value is -2.40. The third-order valence-corrected chi connectivity index (χ3v) is 3.19. The zero-order chi connectivity index (χ0) is 15.4. The maximum Gasteiger partial charge on any atom is 0.255 e. The molecule has 0 unspecified atom stereocenters. The van der Waals surface area contributed by atoms with Gasteiger partial charge in [-0.3, -0.25) is 4.79 Å². The number of benzene rings is 2. The molecule has 110 valence electrons. The van der Waals surface area contributed by atoms with Gasteiger partial charge in [-0.25, -0.2) is 4.39 Å². The van der Waals surface area contributed by atoms with Crippen LogP contribution in [0.5, 0.6) is 5.75 Å². The number of nitrogens with one attached hydrogen (secondary N) is 1. The number of hydrogen-bond acceptors (Lipinski definition) is 3. The molecule has 3 N–H and O–H groups in total. The van der Waals surface area contributed by atoms with E-state index in [0.717, 1.165) is 5.56 Å². The second kappa shape index (κ2) is 6.37. The Morgan fingerprint density at radius 2 is 2.05 bits per heavy atom. The molecule has 0 saturated heterocycles. The van der Waals surface area contributed by atoms with Crippen molar-refractivity contribution in [2.45, 2.75) is 13.5 Å². The fraction of sp³-hybridized carbons (Fsp3) is 0.188. The van der Waals surface area contributed by atoms with Gasteiger partial charge >= 0.3 is 0 Å². The number of rotatable bonds is 4. The first-order chi connectivity index (χ1) is 10.0. The summed E-state index contributed by atoms with van der Waals surface area (Å²) in [6.45, 7) is 1.97. The monoisotopic (exact) mass is 288 g/mol. The van der Waals surface area contributed by atoms with Gasteiger partial charge in [0.2, 0.25) is 0 Å². The maximum atomic E-state index is 13.4. The van der Waals surface area contributed by atoms with Crippen molar-refractivity contribution >= 4 is 11.6 Å². The number of halogens is 1. The lowest BCUT2D eigenvalue weighted by atomic mass is 10.1. The van der Waals surface area contributed by atoms with Gasteiger partial charge in [0.1, 0.15) is 11.6 Å². The summed E-state index contributed by atoms with van der Waals surface area (Å²) >= 11 is 0. The van der Waals surface area contributed by atoms with Crippen LogP contribution in [0.25, 0.3) is 0 Å². The van der Waals surface area contributed by atoms with Crippen LogP contribution in [0.2, 0.25) is 0 Å². The van der Waals surface area contributed by atoms with Crippen molar-refractivity contribution < 1.29 is 13.9 Å². The second-order valence-electron chi connectivity index (χ2n) is 4.65. The molecule has 0 aliphatic heterocycles. The topological polar surface area (TPSA) is 64.3 Å². The molecule has 0 radical (unpaired) electrons. The first-order valence-corrected chi connectivity index (χ1v) is 6.49. The van der Waals surface area contributed by atoms with Crippen molar-refractivity contribution in [2.75, 3.05) is 12.4 Å². The van der Waals surface area contributed by atoms with Crippen LogP contribution in [0.1, 0.15) is 21.5 Å². The summed E-state index contributed by atoms with van der Waals surface area (Å²) in [6.07, 6.45) is 0. The lowest BCUT2D eigenvalue weighted by Gasteiger charge is -2.10. The molecule has 0 bridgehead atoms. The summed E-state index contributed by atoms with van der Waals surface area (Å²) in [5, 5.41) is 2.71. The first-order valence-electron chi connectivity index (χ1n) is 6.49. The van der Waals surface area contributed by atoms with E-state index in [1.165, 1.54) is 18.2 Å². The highest BCUT2D eigenvalue weighted by atomic mass is 19.1. The Kier molecular flexibility index (Phi) is 4.55. The minimum atomic E-state index is -0.382. The summed E-state index contributed by atoms with van der Waals surface area (Å²) in [6, 6.07) is 9.49. The van der Waals surface area contributed by atoms with Crippen LogP contribution < -0.4 is 15.8 Å². The molecule has 5 heteroatoms. The van der Waals surface area contributed by atoms with Crippen molar-refractivity contribution in [1.29, 1.82) is 0 Å². The van der Waals surface area contributed by atoms with Crippen LogP contribution in [-0.2, 0) is 6.54 Å². The van der Waals surface area contributed by atoms with Gasteiger partial charge in [0.25, 0.3) is 5.91 Å². The molecule has 0 atom stereocenters. The first kappa shape index (κ1) is 15.0. The summed E-state index contributed by atoms with van der Waals surface area (Å²) < 4.78 is 18.6. The number of anilines is 1. The molecule has 0 spiro atoms. The molecule has 2 rings (SSSR count). The van der Waals surface area contributed by atoms with Gasteiger partial charge in [-0.05, 0) is 42.8 Å². The van der Waals surface area contributed by atoms with Crippen molar-refractivity contribution in [1.82, 2.24) is 0 Å². The van der Waals surface area contributed by atoms with E-state index in [1.807, 2.05) is 13.0 Å². The molecule has 1 amide bonds. The molecule has 2 aromatic carbocycles. The number of ether oxygens (including phenoxy) is 1. The van der Waals surface area contributed by atoms with Crippen LogP contribution in [0, 0.1) is 12.7 Å². The number of carbonyl (C=O) groups excluding carboxylic acids is 1. The summed E-state index contributed by atoms with van der Waals surface area (Å²) in [5.41, 5.74) is 7.72. The van der Waals surface area contributed by atoms with Crippen LogP contribution >= 0.6 is 0 Å². The molecule has 4 nitrogen and oxygen atoms in total. The van der Waals surface area contributed by atoms with Gasteiger partial charge in [0.05, 0.1) is 7.11 Å². The predicted octanol–water partition coefficient (Wildman–Crippen LogP) is 2.85. The molecule has 0 heterocycles. The van der Waals surface area contributed by atoms with E-state index in [0.29, 0.717) is 22.6 Å². The molecular formula is C16H17FN2O2. The molecule has 0 fully saturated rings. The Morgan fingerprint density at radius 3 is 2.71 bits per heavy atom. The van der Waals surface area contributed by atoms with Crippen molar-refractivity contribution in [3.05, 3.63) is 58.9 Å². The van der Waals surface area contributed by atoms with E-state index in [9.17, 15) is 9.18 Å². The minimum absolute atomic E-state index is 0.0773. The van der Waals surface area contributed by atoms with Gasteiger partial charge in [-0.15, -0.1) is 0 Å². The van der Waals surface area contributed by atoms with Crippen molar-refractivity contribution in [2.24, 2.45) is 5.73 Å². The highest BCUT2D eigenvalue weighted by molar-refractivity contribution is 6.04. The summed E-state index contributed by atoms with van der Waals surface area (Å²) in [7, 11) is 1.55. The lowest BCUT2D eigenvalue weighted by Crippen LogP contribution is -2.13. The smallest absolute Gasteiger partial charge is 0.255 e. The maximum absolute atomic E-state index is 13.4. The molecule has 0 aliphatic rings. The molecule has 21 heavy (non-hydrogen) atoms. The average Bonchev–Trinajstić information content (AvgIpc) is 2.49. The highest BCUT2D eigenvalue weighted by Crippen LogP contribution is 2.20. The molecule has 0 aromatic heterocycles. The van der Waals surface area contributed by atoms with E-state index < -0.39 is 0 Å². The largest absolute Gasteiger partial charge is 0.496 e. The van der Waals surface area contributed by atoms with Gasteiger partial charge in [0, 0.05) is 23.4 Å². The second-order valence-corrected chi connectivity index (χ2v) is 4.65. The number of nitrogens with two attached hydrogens (primary N) is 1. The minimum Gasteiger partial charge on any atom is -0.496 e. The lowest BCUT2D eigenvalue weighted by molar-refractivity contribution is 0.102. The third-order valence-electron chi connectivity index (χ3n) is 3.19. The van der Waals surface area contributed by atoms with Crippen LogP contribution in [0.4, 0.5) is 10.1 Å². The van der Waals surface area contributed by atoms with Gasteiger partial charge < -0.3 is 15.8 Å². The fourth-order valence-electron chi connectivity index (χ4n) is 1.97. The van der Waals surface area contributed by atoms with E-state index in [4.69, 9.17) is 10.5 Å².